The number of hydrogen-bond donors (Lipinski definition) is 0. The van der Waals surface area contributed by atoms with Crippen molar-refractivity contribution in [2.75, 3.05) is 38.1 Å². The molecule has 0 unspecified atom stereocenters. The molecule has 0 aliphatic carbocycles. The number of para-hydroxylation sites is 1. The van der Waals surface area contributed by atoms with Crippen molar-refractivity contribution in [2.45, 2.75) is 0 Å². The number of ether oxygens (including phenoxy) is 1. The largest absolute Gasteiger partial charge is 0.437 e. The van der Waals surface area contributed by atoms with Crippen molar-refractivity contribution in [3.63, 3.8) is 0 Å². The fourth-order valence-corrected chi connectivity index (χ4v) is 2.41. The molecule has 2 aromatic rings. The summed E-state index contributed by atoms with van der Waals surface area (Å²) in [7, 11) is 2.13. The zero-order valence-corrected chi connectivity index (χ0v) is 12.6. The molecule has 0 amide bonds. The van der Waals surface area contributed by atoms with E-state index in [4.69, 9.17) is 16.3 Å². The summed E-state index contributed by atoms with van der Waals surface area (Å²) in [6.07, 6.45) is 1.53. The van der Waals surface area contributed by atoms with Gasteiger partial charge in [0.1, 0.15) is 17.9 Å². The maximum atomic E-state index is 6.09. The number of aromatic nitrogens is 2. The van der Waals surface area contributed by atoms with E-state index < -0.39 is 0 Å². The van der Waals surface area contributed by atoms with Crippen molar-refractivity contribution in [3.05, 3.63) is 41.7 Å². The third kappa shape index (κ3) is 3.43. The Balaban J connectivity index is 1.76. The van der Waals surface area contributed by atoms with Gasteiger partial charge in [0.05, 0.1) is 5.02 Å². The minimum atomic E-state index is 0.507. The van der Waals surface area contributed by atoms with E-state index in [0.29, 0.717) is 16.7 Å². The van der Waals surface area contributed by atoms with Crippen LogP contribution >= 0.6 is 11.6 Å². The van der Waals surface area contributed by atoms with E-state index in [1.807, 2.05) is 24.3 Å². The molecule has 0 atom stereocenters. The molecular weight excluding hydrogens is 288 g/mol. The Kier molecular flexibility index (Phi) is 4.22. The summed E-state index contributed by atoms with van der Waals surface area (Å²) in [5, 5.41) is 0.567. The molecule has 0 saturated carbocycles. The highest BCUT2D eigenvalue weighted by Crippen LogP contribution is 2.28. The molecule has 5 nitrogen and oxygen atoms in total. The van der Waals surface area contributed by atoms with Crippen molar-refractivity contribution in [1.29, 1.82) is 0 Å². The smallest absolute Gasteiger partial charge is 0.224 e. The maximum Gasteiger partial charge on any atom is 0.224 e. The number of anilines is 1. The first-order valence-corrected chi connectivity index (χ1v) is 7.28. The predicted molar refractivity (Wildman–Crippen MR) is 83.3 cm³/mol. The fourth-order valence-electron chi connectivity index (χ4n) is 2.23. The summed E-state index contributed by atoms with van der Waals surface area (Å²) >= 11 is 6.09. The van der Waals surface area contributed by atoms with Crippen molar-refractivity contribution >= 4 is 17.4 Å². The van der Waals surface area contributed by atoms with E-state index in [0.717, 1.165) is 32.0 Å². The SMILES string of the molecule is CN1CCN(c2cc(Oc3ccccc3Cl)ncn2)CC1. The van der Waals surface area contributed by atoms with Crippen LogP contribution in [0.25, 0.3) is 0 Å². The molecular formula is C15H17ClN4O. The lowest BCUT2D eigenvalue weighted by molar-refractivity contribution is 0.312. The minimum Gasteiger partial charge on any atom is -0.437 e. The molecule has 0 radical (unpaired) electrons. The molecule has 1 aromatic heterocycles. The van der Waals surface area contributed by atoms with Crippen molar-refractivity contribution in [1.82, 2.24) is 14.9 Å². The quantitative estimate of drug-likeness (QED) is 0.872. The summed E-state index contributed by atoms with van der Waals surface area (Å²) < 4.78 is 5.74. The molecule has 1 aromatic carbocycles. The van der Waals surface area contributed by atoms with Crippen LogP contribution in [0, 0.1) is 0 Å². The lowest BCUT2D eigenvalue weighted by atomic mass is 10.3. The number of halogens is 1. The molecule has 110 valence electrons. The number of nitrogens with zero attached hydrogens (tertiary/aromatic N) is 4. The van der Waals surface area contributed by atoms with Crippen LogP contribution in [-0.4, -0.2) is 48.1 Å². The van der Waals surface area contributed by atoms with Crippen molar-refractivity contribution < 1.29 is 4.74 Å². The first-order chi connectivity index (χ1) is 10.2. The van der Waals surface area contributed by atoms with Crippen LogP contribution in [0.3, 0.4) is 0 Å². The van der Waals surface area contributed by atoms with Gasteiger partial charge in [-0.15, -0.1) is 0 Å². The molecule has 0 bridgehead atoms. The van der Waals surface area contributed by atoms with Gasteiger partial charge in [-0.25, -0.2) is 9.97 Å². The maximum absolute atomic E-state index is 6.09. The summed E-state index contributed by atoms with van der Waals surface area (Å²) in [5.74, 6) is 1.99. The van der Waals surface area contributed by atoms with Gasteiger partial charge in [0.15, 0.2) is 0 Å². The Morgan fingerprint density at radius 1 is 1.10 bits per heavy atom. The van der Waals surface area contributed by atoms with Crippen LogP contribution in [0.5, 0.6) is 11.6 Å². The van der Waals surface area contributed by atoms with Gasteiger partial charge in [-0.3, -0.25) is 0 Å². The number of piperazine rings is 1. The van der Waals surface area contributed by atoms with Gasteiger partial charge in [0, 0.05) is 32.2 Å². The number of rotatable bonds is 3. The Labute approximate surface area is 129 Å². The first kappa shape index (κ1) is 14.1. The van der Waals surface area contributed by atoms with E-state index in [-0.39, 0.29) is 0 Å². The highest BCUT2D eigenvalue weighted by molar-refractivity contribution is 6.32. The summed E-state index contributed by atoms with van der Waals surface area (Å²) in [4.78, 5) is 13.0. The molecule has 0 spiro atoms. The normalized spacial score (nSPS) is 16.0. The summed E-state index contributed by atoms with van der Waals surface area (Å²) in [5.41, 5.74) is 0. The lowest BCUT2D eigenvalue weighted by Gasteiger charge is -2.33. The Bertz CT molecular complexity index is 614. The predicted octanol–water partition coefficient (Wildman–Crippen LogP) is 2.67. The summed E-state index contributed by atoms with van der Waals surface area (Å²) in [6, 6.07) is 9.21. The zero-order chi connectivity index (χ0) is 14.7. The van der Waals surface area contributed by atoms with Crippen LogP contribution in [0.2, 0.25) is 5.02 Å². The van der Waals surface area contributed by atoms with Crippen LogP contribution in [0.1, 0.15) is 0 Å². The van der Waals surface area contributed by atoms with Crippen molar-refractivity contribution in [2.24, 2.45) is 0 Å². The number of hydrogen-bond acceptors (Lipinski definition) is 5. The number of likely N-dealkylation sites (N-methyl/N-ethyl adjacent to an activating group) is 1. The second kappa shape index (κ2) is 6.28. The monoisotopic (exact) mass is 304 g/mol. The van der Waals surface area contributed by atoms with Gasteiger partial charge < -0.3 is 14.5 Å². The zero-order valence-electron chi connectivity index (χ0n) is 11.9. The molecule has 0 N–H and O–H groups in total. The second-order valence-electron chi connectivity index (χ2n) is 5.04. The molecule has 1 aliphatic heterocycles. The average Bonchev–Trinajstić information content (AvgIpc) is 2.51. The van der Waals surface area contributed by atoms with Crippen LogP contribution in [0.4, 0.5) is 5.82 Å². The van der Waals surface area contributed by atoms with E-state index in [1.165, 1.54) is 6.33 Å². The fraction of sp³-hybridized carbons (Fsp3) is 0.333. The molecule has 1 saturated heterocycles. The molecule has 1 aliphatic rings. The van der Waals surface area contributed by atoms with Gasteiger partial charge in [0.2, 0.25) is 5.88 Å². The van der Waals surface area contributed by atoms with E-state index >= 15 is 0 Å². The average molecular weight is 305 g/mol. The highest BCUT2D eigenvalue weighted by Gasteiger charge is 2.16. The standard InChI is InChI=1S/C15H17ClN4O/c1-19-6-8-20(9-7-19)14-10-15(18-11-17-14)21-13-5-3-2-4-12(13)16/h2-5,10-11H,6-9H2,1H3. The molecule has 3 rings (SSSR count). The minimum absolute atomic E-state index is 0.507. The van der Waals surface area contributed by atoms with E-state index in [2.05, 4.69) is 26.8 Å². The Hall–Kier alpha value is -1.85. The van der Waals surface area contributed by atoms with Crippen LogP contribution in [0.15, 0.2) is 36.7 Å². The highest BCUT2D eigenvalue weighted by atomic mass is 35.5. The third-order valence-corrected chi connectivity index (χ3v) is 3.82. The topological polar surface area (TPSA) is 41.5 Å². The second-order valence-corrected chi connectivity index (χ2v) is 5.44. The van der Waals surface area contributed by atoms with Gasteiger partial charge in [-0.2, -0.15) is 0 Å². The third-order valence-electron chi connectivity index (χ3n) is 3.51. The molecule has 6 heteroatoms. The first-order valence-electron chi connectivity index (χ1n) is 6.90. The van der Waals surface area contributed by atoms with Gasteiger partial charge >= 0.3 is 0 Å². The van der Waals surface area contributed by atoms with Gasteiger partial charge in [-0.05, 0) is 19.2 Å². The molecule has 1 fully saturated rings. The van der Waals surface area contributed by atoms with Crippen LogP contribution < -0.4 is 9.64 Å². The number of benzene rings is 1. The molecule has 21 heavy (non-hydrogen) atoms. The Morgan fingerprint density at radius 3 is 2.62 bits per heavy atom. The van der Waals surface area contributed by atoms with E-state index in [1.54, 1.807) is 6.07 Å². The van der Waals surface area contributed by atoms with Crippen LogP contribution in [-0.2, 0) is 0 Å². The summed E-state index contributed by atoms with van der Waals surface area (Å²) in [6.45, 7) is 3.98. The Morgan fingerprint density at radius 2 is 1.86 bits per heavy atom. The van der Waals surface area contributed by atoms with Gasteiger partial charge in [-0.1, -0.05) is 23.7 Å². The van der Waals surface area contributed by atoms with Crippen molar-refractivity contribution in [3.8, 4) is 11.6 Å². The van der Waals surface area contributed by atoms with Gasteiger partial charge in [0.25, 0.3) is 0 Å². The lowest BCUT2D eigenvalue weighted by Crippen LogP contribution is -2.44. The molecule has 2 heterocycles. The van der Waals surface area contributed by atoms with E-state index in [9.17, 15) is 0 Å².